The lowest BCUT2D eigenvalue weighted by Gasteiger charge is -2.16. The zero-order chi connectivity index (χ0) is 10.8. The van der Waals surface area contributed by atoms with Crippen molar-refractivity contribution in [2.75, 3.05) is 11.9 Å². The molecule has 2 rings (SSSR count). The number of carboxylic acid groups (broad SMARTS) is 1. The lowest BCUT2D eigenvalue weighted by molar-refractivity contribution is -0.137. The molecule has 0 bridgehead atoms. The summed E-state index contributed by atoms with van der Waals surface area (Å²) >= 11 is 0. The number of anilines is 1. The van der Waals surface area contributed by atoms with Gasteiger partial charge in [-0.2, -0.15) is 0 Å². The average Bonchev–Trinajstić information content (AvgIpc) is 2.22. The van der Waals surface area contributed by atoms with Crippen LogP contribution < -0.4 is 10.9 Å². The molecule has 2 heterocycles. The molecule has 1 aliphatic rings. The van der Waals surface area contributed by atoms with Gasteiger partial charge in [0.15, 0.2) is 0 Å². The van der Waals surface area contributed by atoms with Crippen molar-refractivity contribution < 1.29 is 9.90 Å². The molecule has 6 heteroatoms. The maximum atomic E-state index is 11.7. The molecule has 0 unspecified atom stereocenters. The van der Waals surface area contributed by atoms with E-state index < -0.39 is 5.97 Å². The van der Waals surface area contributed by atoms with E-state index in [9.17, 15) is 9.59 Å². The number of nitrogens with one attached hydrogen (secondary N) is 1. The van der Waals surface area contributed by atoms with Gasteiger partial charge in [0.2, 0.25) is 0 Å². The number of aliphatic carboxylic acids is 1. The van der Waals surface area contributed by atoms with Crippen LogP contribution in [0.5, 0.6) is 0 Å². The Morgan fingerprint density at radius 2 is 2.47 bits per heavy atom. The second-order valence-electron chi connectivity index (χ2n) is 3.42. The summed E-state index contributed by atoms with van der Waals surface area (Å²) in [5.41, 5.74) is 0.875. The average molecular weight is 209 g/mol. The van der Waals surface area contributed by atoms with Crippen molar-refractivity contribution in [1.29, 1.82) is 0 Å². The topological polar surface area (TPSA) is 84.2 Å². The van der Waals surface area contributed by atoms with Crippen molar-refractivity contribution in [2.45, 2.75) is 19.4 Å². The molecule has 1 aliphatic heterocycles. The third kappa shape index (κ3) is 1.83. The maximum Gasteiger partial charge on any atom is 0.323 e. The SMILES string of the molecule is O=C(O)Cn1cnc2c(c1=O)NCCC2. The summed E-state index contributed by atoms with van der Waals surface area (Å²) in [5, 5.41) is 11.5. The molecular weight excluding hydrogens is 198 g/mol. The Kier molecular flexibility index (Phi) is 2.40. The van der Waals surface area contributed by atoms with Gasteiger partial charge in [-0.1, -0.05) is 0 Å². The quantitative estimate of drug-likeness (QED) is 0.697. The number of hydrogen-bond acceptors (Lipinski definition) is 4. The normalized spacial score (nSPS) is 14.1. The first-order valence-corrected chi connectivity index (χ1v) is 4.72. The van der Waals surface area contributed by atoms with Crippen LogP contribution in [0, 0.1) is 0 Å². The largest absolute Gasteiger partial charge is 0.480 e. The van der Waals surface area contributed by atoms with Gasteiger partial charge >= 0.3 is 5.97 Å². The highest BCUT2D eigenvalue weighted by Crippen LogP contribution is 2.13. The summed E-state index contributed by atoms with van der Waals surface area (Å²) in [5.74, 6) is -1.05. The summed E-state index contributed by atoms with van der Waals surface area (Å²) in [6.45, 7) is 0.391. The van der Waals surface area contributed by atoms with Crippen LogP contribution in [-0.4, -0.2) is 27.2 Å². The van der Waals surface area contributed by atoms with Gasteiger partial charge in [0.05, 0.1) is 12.0 Å². The molecule has 0 saturated heterocycles. The molecule has 6 nitrogen and oxygen atoms in total. The van der Waals surface area contributed by atoms with Crippen LogP contribution in [0.15, 0.2) is 11.1 Å². The molecule has 0 saturated carbocycles. The first kappa shape index (κ1) is 9.70. The standard InChI is InChI=1S/C9H11N3O3/c13-7(14)4-12-5-11-6-2-1-3-10-8(6)9(12)15/h5,10H,1-4H2,(H,13,14). The summed E-state index contributed by atoms with van der Waals surface area (Å²) in [7, 11) is 0. The second-order valence-corrected chi connectivity index (χ2v) is 3.42. The fraction of sp³-hybridized carbons (Fsp3) is 0.444. The van der Waals surface area contributed by atoms with Crippen molar-refractivity contribution in [3.05, 3.63) is 22.4 Å². The van der Waals surface area contributed by atoms with E-state index in [1.165, 1.54) is 6.33 Å². The van der Waals surface area contributed by atoms with Crippen molar-refractivity contribution in [3.8, 4) is 0 Å². The monoisotopic (exact) mass is 209 g/mol. The number of rotatable bonds is 2. The van der Waals surface area contributed by atoms with Crippen LogP contribution in [0.1, 0.15) is 12.1 Å². The van der Waals surface area contributed by atoms with Gasteiger partial charge in [-0.25, -0.2) is 4.98 Å². The Labute approximate surface area is 85.6 Å². The first-order chi connectivity index (χ1) is 7.18. The molecule has 0 radical (unpaired) electrons. The van der Waals surface area contributed by atoms with Crippen LogP contribution in [0.3, 0.4) is 0 Å². The van der Waals surface area contributed by atoms with Crippen LogP contribution in [0.4, 0.5) is 5.69 Å². The van der Waals surface area contributed by atoms with Crippen LogP contribution in [0.2, 0.25) is 0 Å². The summed E-state index contributed by atoms with van der Waals surface area (Å²) in [4.78, 5) is 26.3. The molecule has 0 fully saturated rings. The molecule has 0 amide bonds. The Hall–Kier alpha value is -1.85. The highest BCUT2D eigenvalue weighted by Gasteiger charge is 2.15. The summed E-state index contributed by atoms with van der Waals surface area (Å²) in [6, 6.07) is 0. The first-order valence-electron chi connectivity index (χ1n) is 4.72. The number of hydrogen-bond donors (Lipinski definition) is 2. The zero-order valence-corrected chi connectivity index (χ0v) is 8.06. The van der Waals surface area contributed by atoms with E-state index in [4.69, 9.17) is 5.11 Å². The Balaban J connectivity index is 2.43. The number of aromatic nitrogens is 2. The second kappa shape index (κ2) is 3.72. The molecule has 0 atom stereocenters. The molecule has 0 aromatic carbocycles. The van der Waals surface area contributed by atoms with Gasteiger partial charge in [0, 0.05) is 6.54 Å². The zero-order valence-electron chi connectivity index (χ0n) is 8.06. The van der Waals surface area contributed by atoms with Crippen LogP contribution in [-0.2, 0) is 17.8 Å². The Bertz CT molecular complexity index is 452. The highest BCUT2D eigenvalue weighted by molar-refractivity contribution is 5.66. The van der Waals surface area contributed by atoms with Crippen LogP contribution in [0.25, 0.3) is 0 Å². The van der Waals surface area contributed by atoms with E-state index in [1.807, 2.05) is 0 Å². The smallest absolute Gasteiger partial charge is 0.323 e. The maximum absolute atomic E-state index is 11.7. The predicted octanol–water partition coefficient (Wildman–Crippen LogP) is -0.314. The third-order valence-corrected chi connectivity index (χ3v) is 2.31. The van der Waals surface area contributed by atoms with E-state index in [1.54, 1.807) is 0 Å². The van der Waals surface area contributed by atoms with E-state index in [0.29, 0.717) is 5.69 Å². The minimum atomic E-state index is -1.05. The minimum absolute atomic E-state index is 0.304. The summed E-state index contributed by atoms with van der Waals surface area (Å²) < 4.78 is 1.10. The van der Waals surface area contributed by atoms with Gasteiger partial charge in [-0.3, -0.25) is 14.2 Å². The Morgan fingerprint density at radius 3 is 3.20 bits per heavy atom. The number of fused-ring (bicyclic) bond motifs is 1. The molecule has 80 valence electrons. The van der Waals surface area contributed by atoms with E-state index in [-0.39, 0.29) is 12.1 Å². The number of carboxylic acids is 1. The minimum Gasteiger partial charge on any atom is -0.480 e. The highest BCUT2D eigenvalue weighted by atomic mass is 16.4. The van der Waals surface area contributed by atoms with E-state index >= 15 is 0 Å². The predicted molar refractivity (Wildman–Crippen MR) is 52.9 cm³/mol. The molecule has 1 aromatic heterocycles. The Morgan fingerprint density at radius 1 is 1.67 bits per heavy atom. The van der Waals surface area contributed by atoms with Gasteiger partial charge in [-0.05, 0) is 12.8 Å². The van der Waals surface area contributed by atoms with E-state index in [2.05, 4.69) is 10.3 Å². The molecule has 0 spiro atoms. The van der Waals surface area contributed by atoms with Crippen LogP contribution >= 0.6 is 0 Å². The molecular formula is C9H11N3O3. The van der Waals surface area contributed by atoms with Crippen molar-refractivity contribution in [3.63, 3.8) is 0 Å². The summed E-state index contributed by atoms with van der Waals surface area (Å²) in [6.07, 6.45) is 3.01. The molecule has 0 aliphatic carbocycles. The fourth-order valence-corrected chi connectivity index (χ4v) is 1.62. The fourth-order valence-electron chi connectivity index (χ4n) is 1.62. The van der Waals surface area contributed by atoms with Crippen molar-refractivity contribution in [2.24, 2.45) is 0 Å². The molecule has 15 heavy (non-hydrogen) atoms. The van der Waals surface area contributed by atoms with Crippen molar-refractivity contribution in [1.82, 2.24) is 9.55 Å². The number of nitrogens with zero attached hydrogens (tertiary/aromatic N) is 2. The number of aryl methyl sites for hydroxylation is 1. The van der Waals surface area contributed by atoms with Gasteiger partial charge in [0.1, 0.15) is 12.2 Å². The van der Waals surface area contributed by atoms with Gasteiger partial charge in [-0.15, -0.1) is 0 Å². The molecule has 2 N–H and O–H groups in total. The third-order valence-electron chi connectivity index (χ3n) is 2.31. The van der Waals surface area contributed by atoms with Gasteiger partial charge < -0.3 is 10.4 Å². The lowest BCUT2D eigenvalue weighted by Crippen LogP contribution is -2.30. The lowest BCUT2D eigenvalue weighted by atomic mass is 10.1. The molecule has 1 aromatic rings. The van der Waals surface area contributed by atoms with Gasteiger partial charge in [0.25, 0.3) is 5.56 Å². The van der Waals surface area contributed by atoms with E-state index in [0.717, 1.165) is 29.6 Å². The number of carbonyl (C=O) groups is 1. The van der Waals surface area contributed by atoms with Crippen molar-refractivity contribution >= 4 is 11.7 Å².